The second-order valence-corrected chi connectivity index (χ2v) is 5.35. The third-order valence-corrected chi connectivity index (χ3v) is 3.66. The molecule has 2 atom stereocenters. The van der Waals surface area contributed by atoms with E-state index >= 15 is 0 Å². The molecule has 1 aromatic rings. The van der Waals surface area contributed by atoms with Gasteiger partial charge in [-0.2, -0.15) is 13.2 Å². The Kier molecular flexibility index (Phi) is 4.88. The van der Waals surface area contributed by atoms with Crippen LogP contribution in [-0.4, -0.2) is 36.4 Å². The van der Waals surface area contributed by atoms with Crippen LogP contribution in [0.3, 0.4) is 0 Å². The number of hydrogen-bond acceptors (Lipinski definition) is 2. The maximum Gasteiger partial charge on any atom is 0.392 e. The van der Waals surface area contributed by atoms with Crippen molar-refractivity contribution in [3.63, 3.8) is 0 Å². The first-order chi connectivity index (χ1) is 9.88. The van der Waals surface area contributed by atoms with Gasteiger partial charge in [0.15, 0.2) is 0 Å². The summed E-state index contributed by atoms with van der Waals surface area (Å²) in [5.74, 6) is -2.14. The summed E-state index contributed by atoms with van der Waals surface area (Å²) >= 11 is 0. The van der Waals surface area contributed by atoms with E-state index in [0.717, 1.165) is 12.5 Å². The molecule has 0 aromatic heterocycles. The smallest absolute Gasteiger partial charge is 0.359 e. The molecule has 1 aliphatic rings. The fraction of sp³-hybridized carbons (Fsp3) is 0.533. The van der Waals surface area contributed by atoms with Crippen LogP contribution in [0, 0.1) is 5.92 Å². The molecule has 1 aliphatic heterocycles. The highest BCUT2D eigenvalue weighted by molar-refractivity contribution is 5.77. The summed E-state index contributed by atoms with van der Waals surface area (Å²) < 4.78 is 42.9. The third-order valence-electron chi connectivity index (χ3n) is 3.66. The molecule has 0 radical (unpaired) electrons. The molecule has 0 unspecified atom stereocenters. The summed E-state index contributed by atoms with van der Waals surface area (Å²) in [4.78, 5) is 13.5. The van der Waals surface area contributed by atoms with E-state index in [-0.39, 0.29) is 12.8 Å². The van der Waals surface area contributed by atoms with Gasteiger partial charge in [0.2, 0.25) is 5.91 Å². The van der Waals surface area contributed by atoms with E-state index in [9.17, 15) is 18.0 Å². The second-order valence-electron chi connectivity index (χ2n) is 5.35. The summed E-state index contributed by atoms with van der Waals surface area (Å²) in [6, 6.07) is 9.34. The Morgan fingerprint density at radius 1 is 1.38 bits per heavy atom. The molecule has 0 N–H and O–H groups in total. The van der Waals surface area contributed by atoms with E-state index in [0.29, 0.717) is 13.0 Å². The van der Waals surface area contributed by atoms with Crippen LogP contribution in [0.15, 0.2) is 30.3 Å². The minimum absolute atomic E-state index is 0.0703. The number of amides is 1. The molecule has 1 fully saturated rings. The summed E-state index contributed by atoms with van der Waals surface area (Å²) in [5.41, 5.74) is 1.04. The van der Waals surface area contributed by atoms with E-state index in [1.807, 2.05) is 30.3 Å². The summed E-state index contributed by atoms with van der Waals surface area (Å²) in [6.07, 6.45) is -4.28. The number of carbonyl (C=O) groups is 1. The van der Waals surface area contributed by atoms with E-state index in [1.165, 1.54) is 4.90 Å². The average Bonchev–Trinajstić information content (AvgIpc) is 2.87. The second kappa shape index (κ2) is 6.47. The van der Waals surface area contributed by atoms with Crippen molar-refractivity contribution in [2.75, 3.05) is 13.3 Å². The van der Waals surface area contributed by atoms with Crippen molar-refractivity contribution < 1.29 is 22.7 Å². The number of halogens is 3. The molecule has 1 amide bonds. The molecule has 0 bridgehead atoms. The molecule has 1 heterocycles. The first-order valence-electron chi connectivity index (χ1n) is 6.86. The zero-order valence-corrected chi connectivity index (χ0v) is 11.8. The van der Waals surface area contributed by atoms with Crippen molar-refractivity contribution in [2.24, 2.45) is 5.92 Å². The van der Waals surface area contributed by atoms with Crippen LogP contribution in [0.25, 0.3) is 0 Å². The zero-order chi connectivity index (χ0) is 15.5. The van der Waals surface area contributed by atoms with E-state index in [1.54, 1.807) is 0 Å². The first-order valence-corrected chi connectivity index (χ1v) is 6.86. The van der Waals surface area contributed by atoms with Gasteiger partial charge in [0.25, 0.3) is 0 Å². The highest BCUT2D eigenvalue weighted by atomic mass is 19.4. The van der Waals surface area contributed by atoms with Gasteiger partial charge in [-0.3, -0.25) is 4.79 Å². The van der Waals surface area contributed by atoms with Crippen LogP contribution >= 0.6 is 0 Å². The Labute approximate surface area is 121 Å². The molecule has 0 spiro atoms. The molecule has 116 valence electrons. The lowest BCUT2D eigenvalue weighted by molar-refractivity contribution is -0.177. The van der Waals surface area contributed by atoms with Crippen molar-refractivity contribution in [1.82, 2.24) is 4.90 Å². The van der Waals surface area contributed by atoms with Gasteiger partial charge in [-0.05, 0) is 12.0 Å². The molecule has 3 nitrogen and oxygen atoms in total. The molecule has 0 aliphatic carbocycles. The van der Waals surface area contributed by atoms with Crippen molar-refractivity contribution in [3.8, 4) is 0 Å². The fourth-order valence-corrected chi connectivity index (χ4v) is 2.31. The minimum Gasteiger partial charge on any atom is -0.359 e. The van der Waals surface area contributed by atoms with Crippen LogP contribution < -0.4 is 0 Å². The van der Waals surface area contributed by atoms with Gasteiger partial charge in [0.05, 0.1) is 18.6 Å². The standard InChI is InChI=1S/C15H18F3NO2/c1-11(15(16,17)18)7-14(20)19-10-21-9-13(19)8-12-5-3-2-4-6-12/h2-6,11,13H,7-10H2,1H3/t11-,13-/m0/s1. The lowest BCUT2D eigenvalue weighted by atomic mass is 10.0. The molecule has 1 aromatic carbocycles. The Bertz CT molecular complexity index is 476. The highest BCUT2D eigenvalue weighted by Crippen LogP contribution is 2.29. The number of ether oxygens (including phenoxy) is 1. The number of hydrogen-bond donors (Lipinski definition) is 0. The molecular formula is C15H18F3NO2. The normalized spacial score (nSPS) is 20.6. The quantitative estimate of drug-likeness (QED) is 0.855. The van der Waals surface area contributed by atoms with Gasteiger partial charge >= 0.3 is 6.18 Å². The molecule has 21 heavy (non-hydrogen) atoms. The monoisotopic (exact) mass is 301 g/mol. The maximum atomic E-state index is 12.5. The van der Waals surface area contributed by atoms with Crippen LogP contribution in [0.4, 0.5) is 13.2 Å². The third kappa shape index (κ3) is 4.20. The fourth-order valence-electron chi connectivity index (χ4n) is 2.31. The van der Waals surface area contributed by atoms with Crippen molar-refractivity contribution >= 4 is 5.91 Å². The number of benzene rings is 1. The summed E-state index contributed by atoms with van der Waals surface area (Å²) in [5, 5.41) is 0. The van der Waals surface area contributed by atoms with E-state index < -0.39 is 24.4 Å². The zero-order valence-electron chi connectivity index (χ0n) is 11.8. The Morgan fingerprint density at radius 2 is 2.05 bits per heavy atom. The number of carbonyl (C=O) groups excluding carboxylic acids is 1. The largest absolute Gasteiger partial charge is 0.392 e. The molecule has 0 saturated carbocycles. The van der Waals surface area contributed by atoms with Gasteiger partial charge in [0, 0.05) is 6.42 Å². The summed E-state index contributed by atoms with van der Waals surface area (Å²) in [6.45, 7) is 1.46. The van der Waals surface area contributed by atoms with Gasteiger partial charge in [-0.1, -0.05) is 37.3 Å². The predicted molar refractivity (Wildman–Crippen MR) is 71.4 cm³/mol. The highest BCUT2D eigenvalue weighted by Gasteiger charge is 2.39. The molecule has 6 heteroatoms. The van der Waals surface area contributed by atoms with Crippen molar-refractivity contribution in [2.45, 2.75) is 32.0 Å². The van der Waals surface area contributed by atoms with Crippen molar-refractivity contribution in [3.05, 3.63) is 35.9 Å². The number of rotatable bonds is 4. The maximum absolute atomic E-state index is 12.5. The van der Waals surface area contributed by atoms with Crippen molar-refractivity contribution in [1.29, 1.82) is 0 Å². The molecule has 2 rings (SSSR count). The minimum atomic E-state index is -4.34. The van der Waals surface area contributed by atoms with Crippen LogP contribution in [0.2, 0.25) is 0 Å². The van der Waals surface area contributed by atoms with Gasteiger partial charge < -0.3 is 9.64 Å². The first kappa shape index (κ1) is 15.8. The van der Waals surface area contributed by atoms with Crippen LogP contribution in [-0.2, 0) is 16.0 Å². The Morgan fingerprint density at radius 3 is 2.67 bits per heavy atom. The lowest BCUT2D eigenvalue weighted by Crippen LogP contribution is -2.40. The molecular weight excluding hydrogens is 283 g/mol. The topological polar surface area (TPSA) is 29.5 Å². The van der Waals surface area contributed by atoms with Gasteiger partial charge in [-0.25, -0.2) is 0 Å². The number of alkyl halides is 3. The van der Waals surface area contributed by atoms with Gasteiger partial charge in [-0.15, -0.1) is 0 Å². The van der Waals surface area contributed by atoms with Crippen LogP contribution in [0.5, 0.6) is 0 Å². The molecule has 1 saturated heterocycles. The summed E-state index contributed by atoms with van der Waals surface area (Å²) in [7, 11) is 0. The number of nitrogens with zero attached hydrogens (tertiary/aromatic N) is 1. The Hall–Kier alpha value is -1.56. The van der Waals surface area contributed by atoms with E-state index in [2.05, 4.69) is 0 Å². The van der Waals surface area contributed by atoms with Gasteiger partial charge in [0.1, 0.15) is 6.73 Å². The average molecular weight is 301 g/mol. The lowest BCUT2D eigenvalue weighted by Gasteiger charge is -2.24. The predicted octanol–water partition coefficient (Wildman–Crippen LogP) is 3.00. The van der Waals surface area contributed by atoms with Crippen LogP contribution in [0.1, 0.15) is 18.9 Å². The SMILES string of the molecule is C[C@@H](CC(=O)N1COC[C@@H]1Cc1ccccc1)C(F)(F)F. The van der Waals surface area contributed by atoms with E-state index in [4.69, 9.17) is 4.74 Å². The Balaban J connectivity index is 1.97.